The second-order valence-corrected chi connectivity index (χ2v) is 3.42. The van der Waals surface area contributed by atoms with Crippen LogP contribution in [-0.4, -0.2) is 10.2 Å². The minimum Gasteiger partial charge on any atom is -0.434 e. The van der Waals surface area contributed by atoms with Crippen LogP contribution in [0.25, 0.3) is 0 Å². The van der Waals surface area contributed by atoms with Crippen molar-refractivity contribution in [1.29, 1.82) is 0 Å². The highest BCUT2D eigenvalue weighted by Gasteiger charge is 2.10. The van der Waals surface area contributed by atoms with Crippen LogP contribution >= 0.6 is 0 Å². The van der Waals surface area contributed by atoms with E-state index in [0.717, 1.165) is 12.1 Å². The lowest BCUT2D eigenvalue weighted by atomic mass is 10.3. The number of aromatic nitrogens is 2. The lowest BCUT2D eigenvalue weighted by Gasteiger charge is -2.06. The molecule has 0 saturated carbocycles. The molecule has 0 unspecified atom stereocenters. The number of nitrogen functional groups attached to an aromatic ring is 1. The average molecular weight is 237 g/mol. The monoisotopic (exact) mass is 237 g/mol. The average Bonchev–Trinajstić information content (AvgIpc) is 2.29. The molecule has 0 radical (unpaired) electrons. The first-order valence-corrected chi connectivity index (χ1v) is 4.79. The third-order valence-corrected chi connectivity index (χ3v) is 2.04. The SMILES string of the molecule is Cc1ccc(Oc2cc(F)c(N)cc2F)nn1. The molecule has 0 bridgehead atoms. The van der Waals surface area contributed by atoms with E-state index in [4.69, 9.17) is 10.5 Å². The van der Waals surface area contributed by atoms with E-state index in [1.54, 1.807) is 13.0 Å². The van der Waals surface area contributed by atoms with Gasteiger partial charge in [-0.1, -0.05) is 0 Å². The van der Waals surface area contributed by atoms with Crippen LogP contribution in [-0.2, 0) is 0 Å². The summed E-state index contributed by atoms with van der Waals surface area (Å²) >= 11 is 0. The molecule has 0 amide bonds. The molecule has 1 aromatic heterocycles. The maximum Gasteiger partial charge on any atom is 0.239 e. The predicted molar refractivity (Wildman–Crippen MR) is 57.6 cm³/mol. The van der Waals surface area contributed by atoms with E-state index in [2.05, 4.69) is 10.2 Å². The van der Waals surface area contributed by atoms with Crippen molar-refractivity contribution in [3.05, 3.63) is 41.6 Å². The first kappa shape index (κ1) is 11.3. The Morgan fingerprint density at radius 2 is 1.88 bits per heavy atom. The molecule has 88 valence electrons. The molecule has 0 spiro atoms. The zero-order valence-electron chi connectivity index (χ0n) is 8.95. The molecule has 6 heteroatoms. The third-order valence-electron chi connectivity index (χ3n) is 2.04. The number of rotatable bonds is 2. The molecule has 0 atom stereocenters. The summed E-state index contributed by atoms with van der Waals surface area (Å²) in [6.07, 6.45) is 0. The molecule has 1 heterocycles. The van der Waals surface area contributed by atoms with Crippen LogP contribution in [0.15, 0.2) is 24.3 Å². The molecule has 1 aromatic carbocycles. The quantitative estimate of drug-likeness (QED) is 0.815. The lowest BCUT2D eigenvalue weighted by molar-refractivity contribution is 0.417. The second-order valence-electron chi connectivity index (χ2n) is 3.42. The Balaban J connectivity index is 2.30. The van der Waals surface area contributed by atoms with Gasteiger partial charge in [0, 0.05) is 18.2 Å². The number of anilines is 1. The Labute approximate surface area is 96.0 Å². The molecule has 0 aliphatic heterocycles. The van der Waals surface area contributed by atoms with Gasteiger partial charge in [0.15, 0.2) is 11.6 Å². The van der Waals surface area contributed by atoms with Crippen molar-refractivity contribution in [2.24, 2.45) is 0 Å². The van der Waals surface area contributed by atoms with E-state index in [1.165, 1.54) is 6.07 Å². The van der Waals surface area contributed by atoms with Gasteiger partial charge in [-0.2, -0.15) is 5.10 Å². The number of halogens is 2. The number of benzene rings is 1. The maximum absolute atomic E-state index is 13.4. The molecule has 0 aliphatic rings. The summed E-state index contributed by atoms with van der Waals surface area (Å²) in [5.74, 6) is -1.71. The molecule has 2 rings (SSSR count). The fraction of sp³-hybridized carbons (Fsp3) is 0.0909. The van der Waals surface area contributed by atoms with Gasteiger partial charge in [0.25, 0.3) is 0 Å². The van der Waals surface area contributed by atoms with Gasteiger partial charge in [-0.25, -0.2) is 8.78 Å². The van der Waals surface area contributed by atoms with Crippen molar-refractivity contribution in [2.45, 2.75) is 6.92 Å². The summed E-state index contributed by atoms with van der Waals surface area (Å²) in [5, 5.41) is 7.40. The zero-order valence-corrected chi connectivity index (χ0v) is 8.95. The van der Waals surface area contributed by atoms with Gasteiger partial charge >= 0.3 is 0 Å². The van der Waals surface area contributed by atoms with Gasteiger partial charge in [-0.15, -0.1) is 5.10 Å². The molecule has 0 fully saturated rings. The van der Waals surface area contributed by atoms with Gasteiger partial charge in [0.05, 0.1) is 11.4 Å². The third kappa shape index (κ3) is 2.47. The van der Waals surface area contributed by atoms with Crippen molar-refractivity contribution >= 4 is 5.69 Å². The molecule has 17 heavy (non-hydrogen) atoms. The minimum atomic E-state index is -0.758. The van der Waals surface area contributed by atoms with E-state index in [-0.39, 0.29) is 17.3 Å². The number of aryl methyl sites for hydroxylation is 1. The normalized spacial score (nSPS) is 10.3. The van der Waals surface area contributed by atoms with Crippen LogP contribution in [0.2, 0.25) is 0 Å². The van der Waals surface area contributed by atoms with Crippen molar-refractivity contribution in [3.63, 3.8) is 0 Å². The van der Waals surface area contributed by atoms with Crippen molar-refractivity contribution in [2.75, 3.05) is 5.73 Å². The number of hydrogen-bond donors (Lipinski definition) is 1. The van der Waals surface area contributed by atoms with E-state index in [1.807, 2.05) is 0 Å². The zero-order chi connectivity index (χ0) is 12.4. The lowest BCUT2D eigenvalue weighted by Crippen LogP contribution is -1.97. The standard InChI is InChI=1S/C11H9F2N3O/c1-6-2-3-11(16-15-6)17-10-5-7(12)9(14)4-8(10)13/h2-5H,14H2,1H3. The highest BCUT2D eigenvalue weighted by molar-refractivity contribution is 5.45. The summed E-state index contributed by atoms with van der Waals surface area (Å²) < 4.78 is 31.5. The van der Waals surface area contributed by atoms with E-state index >= 15 is 0 Å². The molecule has 0 saturated heterocycles. The van der Waals surface area contributed by atoms with E-state index in [0.29, 0.717) is 5.69 Å². The number of ether oxygens (including phenoxy) is 1. The fourth-order valence-corrected chi connectivity index (χ4v) is 1.18. The van der Waals surface area contributed by atoms with E-state index < -0.39 is 11.6 Å². The molecule has 2 N–H and O–H groups in total. The molecule has 2 aromatic rings. The van der Waals surface area contributed by atoms with Crippen molar-refractivity contribution < 1.29 is 13.5 Å². The molecular formula is C11H9F2N3O. The van der Waals surface area contributed by atoms with Gasteiger partial charge < -0.3 is 10.5 Å². The van der Waals surface area contributed by atoms with Crippen LogP contribution in [0.3, 0.4) is 0 Å². The van der Waals surface area contributed by atoms with Crippen molar-refractivity contribution in [3.8, 4) is 11.6 Å². The number of nitrogens with two attached hydrogens (primary N) is 1. The summed E-state index contributed by atoms with van der Waals surface area (Å²) in [5.41, 5.74) is 5.63. The van der Waals surface area contributed by atoms with Crippen LogP contribution in [0.5, 0.6) is 11.6 Å². The summed E-state index contributed by atoms with van der Waals surface area (Å²) in [6.45, 7) is 1.75. The maximum atomic E-state index is 13.4. The first-order valence-electron chi connectivity index (χ1n) is 4.79. The van der Waals surface area contributed by atoms with Crippen LogP contribution < -0.4 is 10.5 Å². The summed E-state index contributed by atoms with van der Waals surface area (Å²) in [6, 6.07) is 4.88. The Kier molecular flexibility index (Phi) is 2.86. The van der Waals surface area contributed by atoms with Gasteiger partial charge in [0.2, 0.25) is 5.88 Å². The van der Waals surface area contributed by atoms with Crippen LogP contribution in [0, 0.1) is 18.6 Å². The minimum absolute atomic E-state index is 0.0821. The van der Waals surface area contributed by atoms with Crippen LogP contribution in [0.4, 0.5) is 14.5 Å². The first-order chi connectivity index (χ1) is 8.06. The number of hydrogen-bond acceptors (Lipinski definition) is 4. The summed E-state index contributed by atoms with van der Waals surface area (Å²) in [7, 11) is 0. The Bertz CT molecular complexity index is 543. The highest BCUT2D eigenvalue weighted by atomic mass is 19.1. The van der Waals surface area contributed by atoms with Crippen molar-refractivity contribution in [1.82, 2.24) is 10.2 Å². The molecule has 0 aliphatic carbocycles. The Morgan fingerprint density at radius 1 is 1.12 bits per heavy atom. The molecule has 4 nitrogen and oxygen atoms in total. The second kappa shape index (κ2) is 4.32. The largest absolute Gasteiger partial charge is 0.434 e. The van der Waals surface area contributed by atoms with Gasteiger partial charge in [0.1, 0.15) is 5.82 Å². The number of nitrogens with zero attached hydrogens (tertiary/aromatic N) is 2. The smallest absolute Gasteiger partial charge is 0.239 e. The fourth-order valence-electron chi connectivity index (χ4n) is 1.18. The van der Waals surface area contributed by atoms with Crippen LogP contribution in [0.1, 0.15) is 5.69 Å². The van der Waals surface area contributed by atoms with E-state index in [9.17, 15) is 8.78 Å². The highest BCUT2D eigenvalue weighted by Crippen LogP contribution is 2.26. The van der Waals surface area contributed by atoms with Gasteiger partial charge in [-0.3, -0.25) is 0 Å². The predicted octanol–water partition coefficient (Wildman–Crippen LogP) is 2.44. The molecular weight excluding hydrogens is 228 g/mol. The van der Waals surface area contributed by atoms with Gasteiger partial charge in [-0.05, 0) is 13.0 Å². The Morgan fingerprint density at radius 3 is 2.53 bits per heavy atom. The summed E-state index contributed by atoms with van der Waals surface area (Å²) in [4.78, 5) is 0. The topological polar surface area (TPSA) is 61.0 Å². The Hall–Kier alpha value is -2.24.